The molecule has 0 amide bonds. The van der Waals surface area contributed by atoms with Gasteiger partial charge in [-0.1, -0.05) is 24.3 Å². The minimum absolute atomic E-state index is 0.0690. The molecule has 0 bridgehead atoms. The Morgan fingerprint density at radius 2 is 1.76 bits per heavy atom. The standard InChI is InChI=1S/C16H12FNO3/c17-14-7-13(8-15(9-14)18(20)21)16(19)12-5-10-3-1-2-4-11(10)6-12/h1-4,7-9,12H,5-6H2. The average molecular weight is 285 g/mol. The van der Waals surface area contributed by atoms with Crippen LogP contribution in [0.15, 0.2) is 42.5 Å². The van der Waals surface area contributed by atoms with Crippen LogP contribution in [0.3, 0.4) is 0 Å². The van der Waals surface area contributed by atoms with Crippen molar-refractivity contribution in [3.63, 3.8) is 0 Å². The Hall–Kier alpha value is -2.56. The number of non-ortho nitro benzene ring substituents is 1. The van der Waals surface area contributed by atoms with Gasteiger partial charge in [0.15, 0.2) is 5.78 Å². The Labute approximate surface area is 120 Å². The Morgan fingerprint density at radius 1 is 1.14 bits per heavy atom. The van der Waals surface area contributed by atoms with Gasteiger partial charge in [-0.2, -0.15) is 0 Å². The number of ketones is 1. The Morgan fingerprint density at radius 3 is 2.33 bits per heavy atom. The summed E-state index contributed by atoms with van der Waals surface area (Å²) in [6.07, 6.45) is 1.19. The second-order valence-electron chi connectivity index (χ2n) is 5.19. The Kier molecular flexibility index (Phi) is 3.25. The van der Waals surface area contributed by atoms with Crippen LogP contribution in [0.5, 0.6) is 0 Å². The number of Topliss-reactive ketones (excluding diaryl/α,β-unsaturated/α-hetero) is 1. The van der Waals surface area contributed by atoms with Crippen LogP contribution < -0.4 is 0 Å². The highest BCUT2D eigenvalue weighted by molar-refractivity contribution is 5.99. The minimum Gasteiger partial charge on any atom is -0.294 e. The molecule has 0 N–H and O–H groups in total. The van der Waals surface area contributed by atoms with E-state index in [0.717, 1.165) is 29.3 Å². The van der Waals surface area contributed by atoms with Crippen LogP contribution >= 0.6 is 0 Å². The van der Waals surface area contributed by atoms with Gasteiger partial charge in [0.05, 0.1) is 11.0 Å². The molecular weight excluding hydrogens is 273 g/mol. The highest BCUT2D eigenvalue weighted by atomic mass is 19.1. The molecule has 5 heteroatoms. The van der Waals surface area contributed by atoms with Crippen molar-refractivity contribution in [2.24, 2.45) is 5.92 Å². The van der Waals surface area contributed by atoms with Crippen LogP contribution in [-0.2, 0) is 12.8 Å². The lowest BCUT2D eigenvalue weighted by Crippen LogP contribution is -2.15. The number of carbonyl (C=O) groups is 1. The predicted molar refractivity (Wildman–Crippen MR) is 74.7 cm³/mol. The van der Waals surface area contributed by atoms with Crippen LogP contribution in [0, 0.1) is 21.8 Å². The second-order valence-corrected chi connectivity index (χ2v) is 5.19. The van der Waals surface area contributed by atoms with Gasteiger partial charge >= 0.3 is 0 Å². The minimum atomic E-state index is -0.761. The van der Waals surface area contributed by atoms with E-state index in [1.807, 2.05) is 24.3 Å². The van der Waals surface area contributed by atoms with Crippen molar-refractivity contribution in [2.45, 2.75) is 12.8 Å². The zero-order chi connectivity index (χ0) is 15.0. The number of hydrogen-bond donors (Lipinski definition) is 0. The normalized spacial score (nSPS) is 14.0. The van der Waals surface area contributed by atoms with Crippen molar-refractivity contribution < 1.29 is 14.1 Å². The third kappa shape index (κ3) is 2.54. The summed E-state index contributed by atoms with van der Waals surface area (Å²) in [4.78, 5) is 22.5. The first-order chi connectivity index (χ1) is 10.0. The molecule has 0 unspecified atom stereocenters. The van der Waals surface area contributed by atoms with Crippen molar-refractivity contribution >= 4 is 11.5 Å². The average Bonchev–Trinajstić information content (AvgIpc) is 2.89. The molecule has 0 aliphatic heterocycles. The zero-order valence-corrected chi connectivity index (χ0v) is 11.1. The number of carbonyl (C=O) groups excluding carboxylic acids is 1. The third-order valence-electron chi connectivity index (χ3n) is 3.80. The zero-order valence-electron chi connectivity index (χ0n) is 11.1. The van der Waals surface area contributed by atoms with Gasteiger partial charge in [-0.15, -0.1) is 0 Å². The molecule has 21 heavy (non-hydrogen) atoms. The smallest absolute Gasteiger partial charge is 0.273 e. The summed E-state index contributed by atoms with van der Waals surface area (Å²) in [5.74, 6) is -1.28. The first-order valence-corrected chi connectivity index (χ1v) is 6.60. The third-order valence-corrected chi connectivity index (χ3v) is 3.80. The Bertz CT molecular complexity index is 717. The van der Waals surface area contributed by atoms with E-state index >= 15 is 0 Å². The molecule has 1 aliphatic rings. The molecule has 2 aromatic rings. The second kappa shape index (κ2) is 5.09. The molecule has 0 aromatic heterocycles. The summed E-state index contributed by atoms with van der Waals surface area (Å²) in [6, 6.07) is 10.8. The number of fused-ring (bicyclic) bond motifs is 1. The van der Waals surface area contributed by atoms with Gasteiger partial charge in [-0.25, -0.2) is 4.39 Å². The topological polar surface area (TPSA) is 60.2 Å². The van der Waals surface area contributed by atoms with E-state index in [-0.39, 0.29) is 17.3 Å². The first-order valence-electron chi connectivity index (χ1n) is 6.60. The maximum atomic E-state index is 13.4. The molecule has 0 fully saturated rings. The lowest BCUT2D eigenvalue weighted by atomic mass is 9.94. The molecule has 0 atom stereocenters. The number of nitro benzene ring substituents is 1. The largest absolute Gasteiger partial charge is 0.294 e. The SMILES string of the molecule is O=C(c1cc(F)cc([N+](=O)[O-])c1)C1Cc2ccccc2C1. The summed E-state index contributed by atoms with van der Waals surface area (Å²) in [5.41, 5.74) is 1.90. The molecule has 0 heterocycles. The van der Waals surface area contributed by atoms with Crippen LogP contribution in [0.1, 0.15) is 21.5 Å². The molecule has 0 saturated carbocycles. The number of halogens is 1. The quantitative estimate of drug-likeness (QED) is 0.493. The number of hydrogen-bond acceptors (Lipinski definition) is 3. The summed E-state index contributed by atoms with van der Waals surface area (Å²) in [5, 5.41) is 10.8. The maximum absolute atomic E-state index is 13.4. The van der Waals surface area contributed by atoms with Crippen LogP contribution in [-0.4, -0.2) is 10.7 Å². The molecular formula is C16H12FNO3. The van der Waals surface area contributed by atoms with E-state index in [1.165, 1.54) is 0 Å². The number of nitrogens with zero attached hydrogens (tertiary/aromatic N) is 1. The van der Waals surface area contributed by atoms with E-state index < -0.39 is 16.4 Å². The molecule has 3 rings (SSSR count). The fourth-order valence-electron chi connectivity index (χ4n) is 2.80. The Balaban J connectivity index is 1.89. The molecule has 0 spiro atoms. The van der Waals surface area contributed by atoms with Crippen LogP contribution in [0.25, 0.3) is 0 Å². The number of nitro groups is 1. The number of benzene rings is 2. The summed E-state index contributed by atoms with van der Waals surface area (Å²) < 4.78 is 13.4. The molecule has 4 nitrogen and oxygen atoms in total. The molecule has 0 radical (unpaired) electrons. The van der Waals surface area contributed by atoms with E-state index in [9.17, 15) is 19.3 Å². The number of rotatable bonds is 3. The van der Waals surface area contributed by atoms with Crippen molar-refractivity contribution in [3.8, 4) is 0 Å². The molecule has 0 saturated heterocycles. The molecule has 106 valence electrons. The van der Waals surface area contributed by atoms with Gasteiger partial charge in [-0.05, 0) is 30.0 Å². The van der Waals surface area contributed by atoms with Gasteiger partial charge < -0.3 is 0 Å². The summed E-state index contributed by atoms with van der Waals surface area (Å²) in [7, 11) is 0. The lowest BCUT2D eigenvalue weighted by molar-refractivity contribution is -0.385. The predicted octanol–water partition coefficient (Wildman–Crippen LogP) is 3.33. The highest BCUT2D eigenvalue weighted by Crippen LogP contribution is 2.30. The van der Waals surface area contributed by atoms with Crippen molar-refractivity contribution in [1.29, 1.82) is 0 Å². The van der Waals surface area contributed by atoms with E-state index in [0.29, 0.717) is 12.8 Å². The van der Waals surface area contributed by atoms with Gasteiger partial charge in [0.2, 0.25) is 0 Å². The van der Waals surface area contributed by atoms with Crippen molar-refractivity contribution in [1.82, 2.24) is 0 Å². The molecule has 2 aromatic carbocycles. The summed E-state index contributed by atoms with van der Waals surface area (Å²) >= 11 is 0. The van der Waals surface area contributed by atoms with Crippen molar-refractivity contribution in [2.75, 3.05) is 0 Å². The highest BCUT2D eigenvalue weighted by Gasteiger charge is 2.29. The van der Waals surface area contributed by atoms with Gasteiger partial charge in [0.1, 0.15) is 5.82 Å². The summed E-state index contributed by atoms with van der Waals surface area (Å²) in [6.45, 7) is 0. The van der Waals surface area contributed by atoms with E-state index in [2.05, 4.69) is 0 Å². The van der Waals surface area contributed by atoms with Gasteiger partial charge in [0.25, 0.3) is 5.69 Å². The van der Waals surface area contributed by atoms with Crippen molar-refractivity contribution in [3.05, 3.63) is 75.1 Å². The lowest BCUT2D eigenvalue weighted by Gasteiger charge is -2.08. The fraction of sp³-hybridized carbons (Fsp3) is 0.188. The van der Waals surface area contributed by atoms with E-state index in [1.54, 1.807) is 0 Å². The van der Waals surface area contributed by atoms with E-state index in [4.69, 9.17) is 0 Å². The maximum Gasteiger partial charge on any atom is 0.273 e. The van der Waals surface area contributed by atoms with Gasteiger partial charge in [-0.3, -0.25) is 14.9 Å². The fourth-order valence-corrected chi connectivity index (χ4v) is 2.80. The first kappa shape index (κ1) is 13.4. The van der Waals surface area contributed by atoms with Crippen LogP contribution in [0.4, 0.5) is 10.1 Å². The van der Waals surface area contributed by atoms with Gasteiger partial charge in [0, 0.05) is 17.5 Å². The monoisotopic (exact) mass is 285 g/mol. The molecule has 1 aliphatic carbocycles. The van der Waals surface area contributed by atoms with Crippen LogP contribution in [0.2, 0.25) is 0 Å².